The van der Waals surface area contributed by atoms with E-state index in [1.54, 1.807) is 31.4 Å². The Morgan fingerprint density at radius 2 is 1.57 bits per heavy atom. The van der Waals surface area contributed by atoms with E-state index in [2.05, 4.69) is 13.0 Å². The number of hydrogen-bond acceptors (Lipinski definition) is 3. The summed E-state index contributed by atoms with van der Waals surface area (Å²) >= 11 is 0. The Bertz CT molecular complexity index is 943. The van der Waals surface area contributed by atoms with Crippen LogP contribution in [0.5, 0.6) is 17.2 Å². The van der Waals surface area contributed by atoms with Gasteiger partial charge in [0.05, 0.1) is 13.0 Å². The van der Waals surface area contributed by atoms with Crippen molar-refractivity contribution in [2.24, 2.45) is 0 Å². The van der Waals surface area contributed by atoms with Gasteiger partial charge in [0.15, 0.2) is 0 Å². The normalized spacial score (nSPS) is 11.7. The van der Waals surface area contributed by atoms with E-state index in [1.165, 1.54) is 5.56 Å². The van der Waals surface area contributed by atoms with Crippen LogP contribution in [0.3, 0.4) is 0 Å². The zero-order valence-corrected chi connectivity index (χ0v) is 16.3. The molecule has 0 saturated carbocycles. The van der Waals surface area contributed by atoms with Crippen LogP contribution in [0, 0.1) is 13.8 Å². The number of rotatable bonds is 7. The minimum absolute atomic E-state index is 0.408. The van der Waals surface area contributed by atoms with Crippen LogP contribution in [0.2, 0.25) is 0 Å². The average molecular weight is 376 g/mol. The Labute approximate surface area is 165 Å². The monoisotopic (exact) mass is 376 g/mol. The lowest BCUT2D eigenvalue weighted by atomic mass is 9.92. The number of carbonyl (C=O) groups is 1. The average Bonchev–Trinajstić information content (AvgIpc) is 2.71. The number of aliphatic carboxylic acids is 1. The molecule has 0 aliphatic heterocycles. The first kappa shape index (κ1) is 19.5. The van der Waals surface area contributed by atoms with Crippen LogP contribution in [-0.4, -0.2) is 18.2 Å². The van der Waals surface area contributed by atoms with Gasteiger partial charge in [0, 0.05) is 0 Å². The number of methoxy groups -OCH3 is 1. The molecule has 1 unspecified atom stereocenters. The summed E-state index contributed by atoms with van der Waals surface area (Å²) < 4.78 is 11.1. The lowest BCUT2D eigenvalue weighted by molar-refractivity contribution is -0.138. The third kappa shape index (κ3) is 4.52. The first-order valence-electron chi connectivity index (χ1n) is 9.17. The number of benzene rings is 3. The molecule has 1 N–H and O–H groups in total. The molecule has 0 aliphatic rings. The molecule has 0 heterocycles. The molecule has 0 radical (unpaired) electrons. The zero-order valence-electron chi connectivity index (χ0n) is 16.3. The summed E-state index contributed by atoms with van der Waals surface area (Å²) in [7, 11) is 1.59. The highest BCUT2D eigenvalue weighted by atomic mass is 16.5. The lowest BCUT2D eigenvalue weighted by Crippen LogP contribution is -2.14. The molecule has 4 nitrogen and oxygen atoms in total. The molecule has 0 aromatic heterocycles. The second-order valence-corrected chi connectivity index (χ2v) is 6.81. The summed E-state index contributed by atoms with van der Waals surface area (Å²) in [6.45, 7) is 4.09. The van der Waals surface area contributed by atoms with Crippen molar-refractivity contribution < 1.29 is 19.4 Å². The van der Waals surface area contributed by atoms with Crippen molar-refractivity contribution >= 4 is 5.97 Å². The highest BCUT2D eigenvalue weighted by molar-refractivity contribution is 5.76. The summed E-state index contributed by atoms with van der Waals surface area (Å²) in [5, 5.41) is 9.66. The molecule has 0 fully saturated rings. The van der Waals surface area contributed by atoms with Gasteiger partial charge >= 0.3 is 5.97 Å². The fraction of sp³-hybridized carbons (Fsp3) is 0.208. The Hall–Kier alpha value is -3.27. The molecule has 3 rings (SSSR count). The maximum atomic E-state index is 11.8. The van der Waals surface area contributed by atoms with Gasteiger partial charge in [-0.3, -0.25) is 4.79 Å². The Morgan fingerprint density at radius 1 is 0.929 bits per heavy atom. The summed E-state index contributed by atoms with van der Waals surface area (Å²) in [5.74, 6) is 0.807. The minimum atomic E-state index is -0.846. The van der Waals surface area contributed by atoms with Crippen LogP contribution in [0.15, 0.2) is 66.7 Å². The smallest absolute Gasteiger partial charge is 0.311 e. The SMILES string of the molecule is COc1ccc(C(Cc2ccc(Oc3cccc(C)c3C)cc2)C(=O)O)cc1. The summed E-state index contributed by atoms with van der Waals surface area (Å²) in [4.78, 5) is 11.8. The van der Waals surface area contributed by atoms with E-state index in [9.17, 15) is 9.90 Å². The van der Waals surface area contributed by atoms with Crippen molar-refractivity contribution in [1.29, 1.82) is 0 Å². The van der Waals surface area contributed by atoms with Gasteiger partial charge < -0.3 is 14.6 Å². The van der Waals surface area contributed by atoms with Gasteiger partial charge in [0.2, 0.25) is 0 Å². The molecule has 3 aromatic rings. The molecule has 3 aromatic carbocycles. The zero-order chi connectivity index (χ0) is 20.1. The fourth-order valence-corrected chi connectivity index (χ4v) is 3.07. The van der Waals surface area contributed by atoms with Crippen molar-refractivity contribution in [3.63, 3.8) is 0 Å². The van der Waals surface area contributed by atoms with E-state index >= 15 is 0 Å². The molecule has 28 heavy (non-hydrogen) atoms. The Kier molecular flexibility index (Phi) is 5.99. The lowest BCUT2D eigenvalue weighted by Gasteiger charge is -2.14. The van der Waals surface area contributed by atoms with Crippen LogP contribution >= 0.6 is 0 Å². The van der Waals surface area contributed by atoms with Gasteiger partial charge in [-0.25, -0.2) is 0 Å². The molecule has 1 atom stereocenters. The number of hydrogen-bond donors (Lipinski definition) is 1. The molecule has 4 heteroatoms. The topological polar surface area (TPSA) is 55.8 Å². The highest BCUT2D eigenvalue weighted by Gasteiger charge is 2.20. The molecular formula is C24H24O4. The van der Waals surface area contributed by atoms with E-state index in [0.29, 0.717) is 12.2 Å². The van der Waals surface area contributed by atoms with Crippen LogP contribution in [0.25, 0.3) is 0 Å². The van der Waals surface area contributed by atoms with E-state index in [-0.39, 0.29) is 0 Å². The van der Waals surface area contributed by atoms with E-state index in [1.807, 2.05) is 43.3 Å². The van der Waals surface area contributed by atoms with Gasteiger partial charge in [0.1, 0.15) is 17.2 Å². The maximum Gasteiger partial charge on any atom is 0.311 e. The summed E-state index contributed by atoms with van der Waals surface area (Å²) in [6.07, 6.45) is 0.408. The van der Waals surface area contributed by atoms with Gasteiger partial charge in [0.25, 0.3) is 0 Å². The Morgan fingerprint density at radius 3 is 2.18 bits per heavy atom. The van der Waals surface area contributed by atoms with Gasteiger partial charge in [-0.1, -0.05) is 36.4 Å². The highest BCUT2D eigenvalue weighted by Crippen LogP contribution is 2.28. The number of aryl methyl sites for hydroxylation is 1. The van der Waals surface area contributed by atoms with E-state index in [0.717, 1.165) is 28.2 Å². The van der Waals surface area contributed by atoms with E-state index < -0.39 is 11.9 Å². The number of ether oxygens (including phenoxy) is 2. The Balaban J connectivity index is 1.74. The van der Waals surface area contributed by atoms with Crippen molar-refractivity contribution in [3.05, 3.63) is 89.0 Å². The minimum Gasteiger partial charge on any atom is -0.497 e. The predicted octanol–water partition coefficient (Wildman–Crippen LogP) is 5.52. The van der Waals surface area contributed by atoms with Gasteiger partial charge in [-0.05, 0) is 72.9 Å². The predicted molar refractivity (Wildman–Crippen MR) is 110 cm³/mol. The molecule has 144 valence electrons. The van der Waals surface area contributed by atoms with Crippen LogP contribution in [-0.2, 0) is 11.2 Å². The second-order valence-electron chi connectivity index (χ2n) is 6.81. The van der Waals surface area contributed by atoms with Crippen molar-refractivity contribution in [2.75, 3.05) is 7.11 Å². The van der Waals surface area contributed by atoms with Gasteiger partial charge in [-0.2, -0.15) is 0 Å². The quantitative estimate of drug-likeness (QED) is 0.590. The molecule has 0 aliphatic carbocycles. The van der Waals surface area contributed by atoms with Crippen LogP contribution in [0.4, 0.5) is 0 Å². The standard InChI is InChI=1S/C24H24O4/c1-16-5-4-6-23(17(16)2)28-21-11-7-18(8-12-21)15-22(24(25)26)19-9-13-20(27-3)14-10-19/h4-14,22H,15H2,1-3H3,(H,25,26). The summed E-state index contributed by atoms with van der Waals surface area (Å²) in [5.41, 5.74) is 3.98. The summed E-state index contributed by atoms with van der Waals surface area (Å²) in [6, 6.07) is 20.7. The van der Waals surface area contributed by atoms with Crippen molar-refractivity contribution in [2.45, 2.75) is 26.2 Å². The van der Waals surface area contributed by atoms with E-state index in [4.69, 9.17) is 9.47 Å². The number of carboxylic acid groups (broad SMARTS) is 1. The molecule has 0 saturated heterocycles. The number of carboxylic acids is 1. The van der Waals surface area contributed by atoms with Gasteiger partial charge in [-0.15, -0.1) is 0 Å². The third-order valence-corrected chi connectivity index (χ3v) is 4.96. The fourth-order valence-electron chi connectivity index (χ4n) is 3.07. The molecule has 0 amide bonds. The van der Waals surface area contributed by atoms with Crippen molar-refractivity contribution in [1.82, 2.24) is 0 Å². The maximum absolute atomic E-state index is 11.8. The molecule has 0 spiro atoms. The van der Waals surface area contributed by atoms with Crippen molar-refractivity contribution in [3.8, 4) is 17.2 Å². The molecule has 0 bridgehead atoms. The first-order valence-corrected chi connectivity index (χ1v) is 9.17. The second kappa shape index (κ2) is 8.61. The molecular weight excluding hydrogens is 352 g/mol. The first-order chi connectivity index (χ1) is 13.5. The van der Waals surface area contributed by atoms with Crippen LogP contribution in [0.1, 0.15) is 28.2 Å². The third-order valence-electron chi connectivity index (χ3n) is 4.96. The largest absolute Gasteiger partial charge is 0.497 e. The van der Waals surface area contributed by atoms with Crippen LogP contribution < -0.4 is 9.47 Å².